The molecule has 0 atom stereocenters. The Hall–Kier alpha value is -5.00. The molecule has 4 aromatic heterocycles. The number of nitrogens with one attached hydrogen (secondary N) is 1. The van der Waals surface area contributed by atoms with E-state index in [1.165, 1.54) is 25.9 Å². The summed E-state index contributed by atoms with van der Waals surface area (Å²) < 4.78 is 77.9. The van der Waals surface area contributed by atoms with E-state index >= 15 is 0 Å². The summed E-state index contributed by atoms with van der Waals surface area (Å²) in [6.07, 6.45) is 2.41. The number of carbonyl (C=O) groups is 1. The zero-order valence-electron chi connectivity index (χ0n) is 26.0. The highest BCUT2D eigenvalue weighted by atomic mass is 19.4. The van der Waals surface area contributed by atoms with Crippen LogP contribution in [0.4, 0.5) is 38.5 Å². The predicted molar refractivity (Wildman–Crippen MR) is 161 cm³/mol. The molecule has 1 amide bonds. The molecule has 2 N–H and O–H groups in total. The van der Waals surface area contributed by atoms with E-state index in [1.807, 2.05) is 0 Å². The highest BCUT2D eigenvalue weighted by molar-refractivity contribution is 5.87. The third-order valence-corrected chi connectivity index (χ3v) is 7.42. The van der Waals surface area contributed by atoms with Crippen LogP contribution in [0.3, 0.4) is 0 Å². The molecule has 1 fully saturated rings. The highest BCUT2D eigenvalue weighted by Gasteiger charge is 2.37. The smallest absolute Gasteiger partial charge is 0.420 e. The fourth-order valence-electron chi connectivity index (χ4n) is 5.10. The third kappa shape index (κ3) is 8.28. The fourth-order valence-corrected chi connectivity index (χ4v) is 5.10. The number of methoxy groups -OCH3 is 1. The summed E-state index contributed by atoms with van der Waals surface area (Å²) in [7, 11) is 1.46. The van der Waals surface area contributed by atoms with Crippen LogP contribution in [0.5, 0.6) is 6.01 Å². The van der Waals surface area contributed by atoms with Crippen LogP contribution in [-0.4, -0.2) is 77.3 Å². The van der Waals surface area contributed by atoms with E-state index in [-0.39, 0.29) is 41.0 Å². The van der Waals surface area contributed by atoms with Crippen molar-refractivity contribution in [3.05, 3.63) is 54.7 Å². The van der Waals surface area contributed by atoms with Crippen molar-refractivity contribution >= 4 is 17.9 Å². The van der Waals surface area contributed by atoms with Crippen molar-refractivity contribution in [2.24, 2.45) is 0 Å². The van der Waals surface area contributed by atoms with Crippen LogP contribution in [-0.2, 0) is 10.9 Å². The number of carbonyl (C=O) groups excluding carboxylic acids is 1. The lowest BCUT2D eigenvalue weighted by atomic mass is 9.90. The van der Waals surface area contributed by atoms with Gasteiger partial charge in [0.05, 0.1) is 12.7 Å². The predicted octanol–water partition coefficient (Wildman–Crippen LogP) is 5.75. The van der Waals surface area contributed by atoms with Crippen LogP contribution >= 0.6 is 0 Å². The van der Waals surface area contributed by atoms with Gasteiger partial charge in [0.25, 0.3) is 0 Å². The largest absolute Gasteiger partial charge is 0.467 e. The SMILES string of the molecule is COc1ncc(-c2ccc(N(C(=O)OCC(C)(C)O)C3CCC(Nc4ncc(C(F)(F)F)c(-c5ccn(C(F)F)n5)n4)CC3)nc2)cn1. The van der Waals surface area contributed by atoms with Crippen molar-refractivity contribution in [2.75, 3.05) is 23.9 Å². The van der Waals surface area contributed by atoms with Crippen LogP contribution in [0.2, 0.25) is 0 Å². The zero-order chi connectivity index (χ0) is 34.6. The second-order valence-corrected chi connectivity index (χ2v) is 11.7. The van der Waals surface area contributed by atoms with Gasteiger partial charge in [-0.05, 0) is 57.7 Å². The van der Waals surface area contributed by atoms with E-state index in [4.69, 9.17) is 9.47 Å². The van der Waals surface area contributed by atoms with Gasteiger partial charge in [0, 0.05) is 54.2 Å². The molecule has 1 aliphatic carbocycles. The number of pyridine rings is 1. The minimum atomic E-state index is -4.85. The van der Waals surface area contributed by atoms with Crippen molar-refractivity contribution in [1.82, 2.24) is 34.7 Å². The maximum atomic E-state index is 13.7. The highest BCUT2D eigenvalue weighted by Crippen LogP contribution is 2.36. The maximum Gasteiger partial charge on any atom is 0.420 e. The van der Waals surface area contributed by atoms with Crippen LogP contribution in [0.25, 0.3) is 22.5 Å². The first kappa shape index (κ1) is 34.3. The Morgan fingerprint density at radius 1 is 1.02 bits per heavy atom. The Morgan fingerprint density at radius 2 is 1.71 bits per heavy atom. The molecule has 4 aromatic rings. The lowest BCUT2D eigenvalue weighted by Gasteiger charge is -2.36. The monoisotopic (exact) mass is 677 g/mol. The fraction of sp³-hybridized carbons (Fsp3) is 0.433. The minimum absolute atomic E-state index is 0.130. The molecule has 0 radical (unpaired) electrons. The number of halogens is 5. The summed E-state index contributed by atoms with van der Waals surface area (Å²) in [6.45, 7) is -0.287. The number of nitrogens with zero attached hydrogens (tertiary/aromatic N) is 8. The van der Waals surface area contributed by atoms with Crippen LogP contribution in [0.1, 0.15) is 51.6 Å². The maximum absolute atomic E-state index is 13.7. The molecule has 48 heavy (non-hydrogen) atoms. The standard InChI is InChI=1S/C30H32F5N9O4/c1-29(2,46)16-48-28(45)44(23-9-4-17(12-36-23)18-13-38-27(47-3)39-14-18)20-7-5-19(6-8-20)40-26-37-15-21(30(33,34)35)24(41-26)22-10-11-43(42-22)25(31)32/h4,9-15,19-20,25,46H,5-8,16H2,1-3H3,(H,37,40,41). The molecular weight excluding hydrogens is 645 g/mol. The molecule has 0 spiro atoms. The van der Waals surface area contributed by atoms with Crippen LogP contribution in [0, 0.1) is 0 Å². The number of hydrogen-bond donors (Lipinski definition) is 2. The molecule has 18 heteroatoms. The molecule has 256 valence electrons. The molecule has 4 heterocycles. The number of hydrogen-bond acceptors (Lipinski definition) is 11. The molecule has 0 unspecified atom stereocenters. The first-order valence-electron chi connectivity index (χ1n) is 14.8. The summed E-state index contributed by atoms with van der Waals surface area (Å²) in [5, 5.41) is 16.7. The number of amides is 1. The third-order valence-electron chi connectivity index (χ3n) is 7.42. The van der Waals surface area contributed by atoms with Crippen LogP contribution in [0.15, 0.2) is 49.2 Å². The van der Waals surface area contributed by atoms with Gasteiger partial charge in [0.2, 0.25) is 5.95 Å². The number of aliphatic hydroxyl groups is 1. The number of aromatic nitrogens is 7. The summed E-state index contributed by atoms with van der Waals surface area (Å²) in [6, 6.07) is 3.98. The van der Waals surface area contributed by atoms with Crippen LogP contribution < -0.4 is 15.0 Å². The Morgan fingerprint density at radius 3 is 2.27 bits per heavy atom. The Bertz CT molecular complexity index is 1690. The van der Waals surface area contributed by atoms with Crippen molar-refractivity contribution in [3.8, 4) is 28.5 Å². The van der Waals surface area contributed by atoms with Crippen molar-refractivity contribution in [3.63, 3.8) is 0 Å². The van der Waals surface area contributed by atoms with Gasteiger partial charge in [-0.15, -0.1) is 0 Å². The normalized spacial score (nSPS) is 16.9. The summed E-state index contributed by atoms with van der Waals surface area (Å²) in [5.74, 6) is 0.179. The number of rotatable bonds is 10. The summed E-state index contributed by atoms with van der Waals surface area (Å²) in [5.41, 5.74) is -2.13. The van der Waals surface area contributed by atoms with E-state index in [2.05, 4.69) is 35.3 Å². The summed E-state index contributed by atoms with van der Waals surface area (Å²) in [4.78, 5) is 35.3. The quantitative estimate of drug-likeness (QED) is 0.197. The van der Waals surface area contributed by atoms with Gasteiger partial charge in [-0.1, -0.05) is 0 Å². The Kier molecular flexibility index (Phi) is 10.0. The molecule has 0 aliphatic heterocycles. The molecule has 0 saturated heterocycles. The van der Waals surface area contributed by atoms with Gasteiger partial charge in [0.15, 0.2) is 0 Å². The van der Waals surface area contributed by atoms with E-state index in [1.54, 1.807) is 30.7 Å². The molecule has 0 aromatic carbocycles. The first-order valence-corrected chi connectivity index (χ1v) is 14.8. The lowest BCUT2D eigenvalue weighted by Crippen LogP contribution is -2.46. The van der Waals surface area contributed by atoms with Gasteiger partial charge in [-0.3, -0.25) is 4.90 Å². The van der Waals surface area contributed by atoms with E-state index < -0.39 is 35.7 Å². The summed E-state index contributed by atoms with van der Waals surface area (Å²) >= 11 is 0. The number of anilines is 2. The Labute approximate surface area is 271 Å². The van der Waals surface area contributed by atoms with Gasteiger partial charge in [-0.2, -0.15) is 27.1 Å². The van der Waals surface area contributed by atoms with E-state index in [0.29, 0.717) is 48.8 Å². The zero-order valence-corrected chi connectivity index (χ0v) is 26.0. The van der Waals surface area contributed by atoms with Gasteiger partial charge in [0.1, 0.15) is 29.4 Å². The molecule has 13 nitrogen and oxygen atoms in total. The first-order chi connectivity index (χ1) is 22.7. The molecule has 1 aliphatic rings. The molecular formula is C30H32F5N9O4. The lowest BCUT2D eigenvalue weighted by molar-refractivity contribution is -0.137. The van der Waals surface area contributed by atoms with Crippen molar-refractivity contribution in [1.29, 1.82) is 0 Å². The second-order valence-electron chi connectivity index (χ2n) is 11.7. The van der Waals surface area contributed by atoms with E-state index in [9.17, 15) is 31.9 Å². The minimum Gasteiger partial charge on any atom is -0.467 e. The average molecular weight is 678 g/mol. The van der Waals surface area contributed by atoms with Gasteiger partial charge >= 0.3 is 24.8 Å². The van der Waals surface area contributed by atoms with Crippen molar-refractivity contribution < 1.29 is 41.3 Å². The van der Waals surface area contributed by atoms with Crippen molar-refractivity contribution in [2.45, 2.75) is 69.9 Å². The second kappa shape index (κ2) is 14.0. The topological polar surface area (TPSA) is 153 Å². The van der Waals surface area contributed by atoms with Gasteiger partial charge in [-0.25, -0.2) is 34.4 Å². The number of alkyl halides is 5. The molecule has 5 rings (SSSR count). The average Bonchev–Trinajstić information content (AvgIpc) is 3.55. The number of ether oxygens (including phenoxy) is 2. The molecule has 1 saturated carbocycles. The Balaban J connectivity index is 1.32. The molecule has 0 bridgehead atoms. The van der Waals surface area contributed by atoms with Gasteiger partial charge < -0.3 is 19.9 Å². The van der Waals surface area contributed by atoms with E-state index in [0.717, 1.165) is 12.3 Å².